The van der Waals surface area contributed by atoms with Crippen molar-refractivity contribution in [1.82, 2.24) is 14.9 Å². The molecule has 0 N–H and O–H groups in total. The van der Waals surface area contributed by atoms with Gasteiger partial charge in [0.05, 0.1) is 6.04 Å². The van der Waals surface area contributed by atoms with Crippen LogP contribution in [0.25, 0.3) is 0 Å². The minimum Gasteiger partial charge on any atom is -0.439 e. The highest BCUT2D eigenvalue weighted by Crippen LogP contribution is 2.33. The molecule has 29 heavy (non-hydrogen) atoms. The summed E-state index contributed by atoms with van der Waals surface area (Å²) in [5, 5.41) is 0. The van der Waals surface area contributed by atoms with Gasteiger partial charge in [0.1, 0.15) is 5.75 Å². The van der Waals surface area contributed by atoms with Crippen molar-refractivity contribution in [3.05, 3.63) is 47.4 Å². The van der Waals surface area contributed by atoms with Gasteiger partial charge in [-0.1, -0.05) is 17.7 Å². The van der Waals surface area contributed by atoms with Crippen LogP contribution in [-0.4, -0.2) is 40.5 Å². The molecule has 0 bridgehead atoms. The summed E-state index contributed by atoms with van der Waals surface area (Å²) in [5.74, 6) is 2.24. The van der Waals surface area contributed by atoms with Crippen molar-refractivity contribution in [2.24, 2.45) is 5.92 Å². The number of carbonyl (C=O) groups is 1. The number of likely N-dealkylation sites (tertiary alicyclic amines) is 1. The molecule has 0 unspecified atom stereocenters. The molecule has 2 saturated heterocycles. The van der Waals surface area contributed by atoms with Gasteiger partial charge in [-0.15, -0.1) is 0 Å². The van der Waals surface area contributed by atoms with Crippen molar-refractivity contribution in [2.45, 2.75) is 52.0 Å². The molecule has 3 heterocycles. The Balaban J connectivity index is 1.56. The second kappa shape index (κ2) is 8.91. The van der Waals surface area contributed by atoms with Gasteiger partial charge in [-0.05, 0) is 58.1 Å². The topological polar surface area (TPSA) is 64.5 Å². The van der Waals surface area contributed by atoms with Crippen LogP contribution in [-0.2, 0) is 9.53 Å². The van der Waals surface area contributed by atoms with E-state index in [0.717, 1.165) is 50.1 Å². The lowest BCUT2D eigenvalue weighted by molar-refractivity contribution is -0.142. The van der Waals surface area contributed by atoms with Crippen molar-refractivity contribution in [2.75, 3.05) is 19.8 Å². The lowest BCUT2D eigenvalue weighted by atomic mass is 9.94. The molecule has 0 aliphatic carbocycles. The van der Waals surface area contributed by atoms with Crippen molar-refractivity contribution in [3.8, 4) is 11.6 Å². The van der Waals surface area contributed by atoms with E-state index in [4.69, 9.17) is 14.5 Å². The van der Waals surface area contributed by atoms with Gasteiger partial charge in [0, 0.05) is 37.4 Å². The number of ether oxygens (including phenoxy) is 2. The number of piperidine rings is 1. The smallest absolute Gasteiger partial charge is 0.226 e. The molecule has 6 nitrogen and oxygen atoms in total. The van der Waals surface area contributed by atoms with Gasteiger partial charge in [0.25, 0.3) is 0 Å². The third-order valence-electron chi connectivity index (χ3n) is 5.75. The van der Waals surface area contributed by atoms with Crippen LogP contribution in [0.3, 0.4) is 0 Å². The van der Waals surface area contributed by atoms with Crippen LogP contribution in [0.2, 0.25) is 0 Å². The maximum absolute atomic E-state index is 13.2. The Morgan fingerprint density at radius 2 is 1.83 bits per heavy atom. The largest absolute Gasteiger partial charge is 0.439 e. The first-order valence-corrected chi connectivity index (χ1v) is 10.6. The molecule has 2 aliphatic rings. The zero-order valence-corrected chi connectivity index (χ0v) is 17.3. The maximum atomic E-state index is 13.2. The molecule has 1 amide bonds. The number of benzene rings is 1. The van der Waals surface area contributed by atoms with Gasteiger partial charge in [0.2, 0.25) is 11.8 Å². The first-order chi connectivity index (χ1) is 14.1. The van der Waals surface area contributed by atoms with E-state index in [0.29, 0.717) is 24.9 Å². The van der Waals surface area contributed by atoms with Crippen LogP contribution in [0.5, 0.6) is 11.6 Å². The van der Waals surface area contributed by atoms with E-state index in [1.807, 2.05) is 49.1 Å². The van der Waals surface area contributed by atoms with Crippen LogP contribution in [0.1, 0.15) is 55.2 Å². The number of hydrogen-bond acceptors (Lipinski definition) is 5. The molecular formula is C23H29N3O3. The summed E-state index contributed by atoms with van der Waals surface area (Å²) < 4.78 is 11.4. The minimum atomic E-state index is -0.0839. The van der Waals surface area contributed by atoms with E-state index in [-0.39, 0.29) is 17.9 Å². The van der Waals surface area contributed by atoms with Gasteiger partial charge in [-0.3, -0.25) is 4.79 Å². The van der Waals surface area contributed by atoms with Crippen LogP contribution < -0.4 is 4.74 Å². The Labute approximate surface area is 172 Å². The number of rotatable bonds is 4. The van der Waals surface area contributed by atoms with Crippen LogP contribution in [0.15, 0.2) is 30.3 Å². The standard InChI is InChI=1S/C23H29N3O3/c1-16-6-8-19(9-7-16)29-21-15-17(2)24-22(25-21)20-5-3-4-12-26(20)23(27)18-10-13-28-14-11-18/h6-9,15,18,20H,3-5,10-14H2,1-2H3/t20-/m0/s1. The number of nitrogens with zero attached hydrogens (tertiary/aromatic N) is 3. The third kappa shape index (κ3) is 4.75. The van der Waals surface area contributed by atoms with E-state index >= 15 is 0 Å². The fourth-order valence-electron chi connectivity index (χ4n) is 4.13. The van der Waals surface area contributed by atoms with Crippen molar-refractivity contribution in [3.63, 3.8) is 0 Å². The second-order valence-corrected chi connectivity index (χ2v) is 8.05. The molecule has 154 valence electrons. The average Bonchev–Trinajstić information content (AvgIpc) is 2.75. The van der Waals surface area contributed by atoms with Crippen molar-refractivity contribution in [1.29, 1.82) is 0 Å². The molecule has 2 fully saturated rings. The molecular weight excluding hydrogens is 366 g/mol. The quantitative estimate of drug-likeness (QED) is 0.769. The molecule has 1 aromatic heterocycles. The van der Waals surface area contributed by atoms with Gasteiger partial charge in [-0.2, -0.15) is 4.98 Å². The Morgan fingerprint density at radius 3 is 2.59 bits per heavy atom. The Kier molecular flexibility index (Phi) is 6.09. The summed E-state index contributed by atoms with van der Waals surface area (Å²) in [6.07, 6.45) is 4.61. The van der Waals surface area contributed by atoms with Crippen molar-refractivity contribution < 1.29 is 14.3 Å². The lowest BCUT2D eigenvalue weighted by Crippen LogP contribution is -2.43. The molecule has 0 spiro atoms. The predicted octanol–water partition coefficient (Wildman–Crippen LogP) is 4.37. The zero-order valence-electron chi connectivity index (χ0n) is 17.3. The van der Waals surface area contributed by atoms with Crippen LogP contribution >= 0.6 is 0 Å². The summed E-state index contributed by atoms with van der Waals surface area (Å²) >= 11 is 0. The van der Waals surface area contributed by atoms with Gasteiger partial charge < -0.3 is 14.4 Å². The first-order valence-electron chi connectivity index (χ1n) is 10.6. The van der Waals surface area contributed by atoms with E-state index < -0.39 is 0 Å². The number of hydrogen-bond donors (Lipinski definition) is 0. The number of amides is 1. The minimum absolute atomic E-state index is 0.0532. The molecule has 6 heteroatoms. The predicted molar refractivity (Wildman–Crippen MR) is 110 cm³/mol. The fourth-order valence-corrected chi connectivity index (χ4v) is 4.13. The van der Waals surface area contributed by atoms with Gasteiger partial charge >= 0.3 is 0 Å². The fraction of sp³-hybridized carbons (Fsp3) is 0.522. The maximum Gasteiger partial charge on any atom is 0.226 e. The van der Waals surface area contributed by atoms with Crippen molar-refractivity contribution >= 4 is 5.91 Å². The lowest BCUT2D eigenvalue weighted by Gasteiger charge is -2.37. The molecule has 0 radical (unpaired) electrons. The second-order valence-electron chi connectivity index (χ2n) is 8.05. The monoisotopic (exact) mass is 395 g/mol. The first kappa shape index (κ1) is 19.8. The number of aryl methyl sites for hydroxylation is 2. The van der Waals surface area contributed by atoms with E-state index in [2.05, 4.69) is 4.98 Å². The molecule has 0 saturated carbocycles. The normalized spacial score (nSPS) is 20.5. The Hall–Kier alpha value is -2.47. The highest BCUT2D eigenvalue weighted by molar-refractivity contribution is 5.79. The van der Waals surface area contributed by atoms with Crippen LogP contribution in [0.4, 0.5) is 0 Å². The number of aromatic nitrogens is 2. The SMILES string of the molecule is Cc1ccc(Oc2cc(C)nc([C@@H]3CCCCN3C(=O)C3CCOCC3)n2)cc1. The summed E-state index contributed by atoms with van der Waals surface area (Å²) in [6, 6.07) is 9.66. The summed E-state index contributed by atoms with van der Waals surface area (Å²) in [7, 11) is 0. The van der Waals surface area contributed by atoms with E-state index in [1.165, 1.54) is 5.56 Å². The average molecular weight is 396 g/mol. The summed E-state index contributed by atoms with van der Waals surface area (Å²) in [4.78, 5) is 24.6. The zero-order chi connectivity index (χ0) is 20.2. The Bertz CT molecular complexity index is 847. The molecule has 4 rings (SSSR count). The molecule has 2 aliphatic heterocycles. The third-order valence-corrected chi connectivity index (χ3v) is 5.75. The summed E-state index contributed by atoms with van der Waals surface area (Å²) in [5.41, 5.74) is 2.03. The molecule has 2 aromatic rings. The van der Waals surface area contributed by atoms with Crippen LogP contribution in [0, 0.1) is 19.8 Å². The number of carbonyl (C=O) groups excluding carboxylic acids is 1. The van der Waals surface area contributed by atoms with E-state index in [1.54, 1.807) is 0 Å². The highest BCUT2D eigenvalue weighted by atomic mass is 16.5. The molecule has 1 atom stereocenters. The highest BCUT2D eigenvalue weighted by Gasteiger charge is 2.34. The Morgan fingerprint density at radius 1 is 1.07 bits per heavy atom. The van der Waals surface area contributed by atoms with E-state index in [9.17, 15) is 4.79 Å². The summed E-state index contributed by atoms with van der Waals surface area (Å²) in [6.45, 7) is 6.10. The molecule has 1 aromatic carbocycles. The van der Waals surface area contributed by atoms with Gasteiger partial charge in [0.15, 0.2) is 5.82 Å². The van der Waals surface area contributed by atoms with Gasteiger partial charge in [-0.25, -0.2) is 4.98 Å².